The molecule has 0 heterocycles. The number of anilines is 1. The van der Waals surface area contributed by atoms with Gasteiger partial charge in [-0.15, -0.1) is 0 Å². The van der Waals surface area contributed by atoms with Gasteiger partial charge in [0.05, 0.1) is 17.1 Å². The number of para-hydroxylation sites is 1. The van der Waals surface area contributed by atoms with Crippen molar-refractivity contribution in [2.75, 3.05) is 25.6 Å². The first-order valence-corrected chi connectivity index (χ1v) is 7.04. The number of nitro benzene ring substituents is 1. The lowest BCUT2D eigenvalue weighted by atomic mass is 10.1. The van der Waals surface area contributed by atoms with Crippen molar-refractivity contribution < 1.29 is 14.4 Å². The van der Waals surface area contributed by atoms with Crippen LogP contribution in [0.4, 0.5) is 11.4 Å². The third-order valence-electron chi connectivity index (χ3n) is 3.34. The van der Waals surface area contributed by atoms with E-state index in [0.717, 1.165) is 12.0 Å². The molecule has 6 nitrogen and oxygen atoms in total. The highest BCUT2D eigenvalue weighted by molar-refractivity contribution is 5.66. The summed E-state index contributed by atoms with van der Waals surface area (Å²) < 4.78 is 11.0. The number of hydrogen-bond acceptors (Lipinski definition) is 5. The van der Waals surface area contributed by atoms with Gasteiger partial charge in [0.25, 0.3) is 5.69 Å². The van der Waals surface area contributed by atoms with Crippen molar-refractivity contribution in [3.63, 3.8) is 0 Å². The normalized spacial score (nSPS) is 11.4. The summed E-state index contributed by atoms with van der Waals surface area (Å²) in [6.07, 6.45) is 0.759. The van der Waals surface area contributed by atoms with Gasteiger partial charge in [0.1, 0.15) is 5.69 Å². The minimum Gasteiger partial charge on any atom is -0.379 e. The molecular weight excluding hydrogens is 272 g/mol. The van der Waals surface area contributed by atoms with E-state index in [4.69, 9.17) is 9.47 Å². The van der Waals surface area contributed by atoms with Crippen LogP contribution in [0.15, 0.2) is 18.2 Å². The van der Waals surface area contributed by atoms with Crippen molar-refractivity contribution in [1.29, 1.82) is 0 Å². The zero-order valence-corrected chi connectivity index (χ0v) is 13.1. The Labute approximate surface area is 125 Å². The summed E-state index contributed by atoms with van der Waals surface area (Å²) in [4.78, 5) is 10.7. The van der Waals surface area contributed by atoms with E-state index in [2.05, 4.69) is 5.32 Å². The summed E-state index contributed by atoms with van der Waals surface area (Å²) in [5, 5.41) is 14.1. The number of nitro groups is 1. The molecule has 0 aliphatic rings. The molecule has 118 valence electrons. The van der Waals surface area contributed by atoms with E-state index in [1.807, 2.05) is 26.8 Å². The van der Waals surface area contributed by atoms with Crippen molar-refractivity contribution in [3.8, 4) is 0 Å². The molecule has 0 atom stereocenters. The fourth-order valence-corrected chi connectivity index (χ4v) is 1.84. The van der Waals surface area contributed by atoms with Gasteiger partial charge in [-0.1, -0.05) is 12.1 Å². The van der Waals surface area contributed by atoms with Crippen LogP contribution in [0.1, 0.15) is 32.8 Å². The van der Waals surface area contributed by atoms with E-state index in [1.54, 1.807) is 13.2 Å². The van der Waals surface area contributed by atoms with E-state index in [1.165, 1.54) is 6.07 Å². The number of benzene rings is 1. The molecule has 1 N–H and O–H groups in total. The summed E-state index contributed by atoms with van der Waals surface area (Å²) in [5.41, 5.74) is 1.18. The second-order valence-electron chi connectivity index (χ2n) is 5.37. The molecule has 6 heteroatoms. The van der Waals surface area contributed by atoms with E-state index in [9.17, 15) is 10.1 Å². The molecule has 0 spiro atoms. The number of nitrogens with zero attached hydrogens (tertiary/aromatic N) is 1. The van der Waals surface area contributed by atoms with Gasteiger partial charge in [-0.25, -0.2) is 0 Å². The fraction of sp³-hybridized carbons (Fsp3) is 0.600. The topological polar surface area (TPSA) is 73.6 Å². The number of nitrogens with one attached hydrogen (secondary N) is 1. The van der Waals surface area contributed by atoms with E-state index >= 15 is 0 Å². The minimum atomic E-state index is -0.379. The Bertz CT molecular complexity index is 475. The van der Waals surface area contributed by atoms with E-state index in [-0.39, 0.29) is 16.2 Å². The van der Waals surface area contributed by atoms with Crippen molar-refractivity contribution in [1.82, 2.24) is 0 Å². The summed E-state index contributed by atoms with van der Waals surface area (Å²) in [6.45, 7) is 7.39. The third kappa shape index (κ3) is 5.32. The lowest BCUT2D eigenvalue weighted by Gasteiger charge is -2.22. The Morgan fingerprint density at radius 1 is 1.38 bits per heavy atom. The first kappa shape index (κ1) is 17.4. The third-order valence-corrected chi connectivity index (χ3v) is 3.34. The highest BCUT2D eigenvalue weighted by Gasteiger charge is 2.18. The molecule has 0 aromatic heterocycles. The molecule has 0 aliphatic heterocycles. The van der Waals surface area contributed by atoms with Crippen molar-refractivity contribution in [2.24, 2.45) is 0 Å². The van der Waals surface area contributed by atoms with Gasteiger partial charge < -0.3 is 14.8 Å². The largest absolute Gasteiger partial charge is 0.379 e. The van der Waals surface area contributed by atoms with Gasteiger partial charge in [-0.05, 0) is 27.2 Å². The Hall–Kier alpha value is -1.66. The standard InChI is InChI=1S/C15H24N2O4/c1-5-16-14-12(7-6-8-13(14)17(18)19)11-21-10-9-15(2,3)20-4/h6-8,16H,5,9-11H2,1-4H3. The predicted octanol–water partition coefficient (Wildman–Crippen LogP) is 3.36. The quantitative estimate of drug-likeness (QED) is 0.430. The molecule has 1 aromatic rings. The predicted molar refractivity (Wildman–Crippen MR) is 82.6 cm³/mol. The van der Waals surface area contributed by atoms with Crippen LogP contribution in [-0.4, -0.2) is 30.8 Å². The van der Waals surface area contributed by atoms with Crippen molar-refractivity contribution >= 4 is 11.4 Å². The van der Waals surface area contributed by atoms with Gasteiger partial charge in [-0.2, -0.15) is 0 Å². The fourth-order valence-electron chi connectivity index (χ4n) is 1.84. The smallest absolute Gasteiger partial charge is 0.292 e. The van der Waals surface area contributed by atoms with Gasteiger partial charge >= 0.3 is 0 Å². The van der Waals surface area contributed by atoms with Gasteiger partial charge in [0.15, 0.2) is 0 Å². The number of rotatable bonds is 9. The first-order chi connectivity index (χ1) is 9.91. The first-order valence-electron chi connectivity index (χ1n) is 7.04. The van der Waals surface area contributed by atoms with Crippen LogP contribution in [0.5, 0.6) is 0 Å². The van der Waals surface area contributed by atoms with Crippen molar-refractivity contribution in [2.45, 2.75) is 39.4 Å². The average molecular weight is 296 g/mol. The molecule has 0 saturated heterocycles. The Balaban J connectivity index is 2.70. The lowest BCUT2D eigenvalue weighted by Crippen LogP contribution is -2.24. The molecule has 0 radical (unpaired) electrons. The molecule has 0 amide bonds. The molecule has 21 heavy (non-hydrogen) atoms. The second-order valence-corrected chi connectivity index (χ2v) is 5.37. The number of methoxy groups -OCH3 is 1. The lowest BCUT2D eigenvalue weighted by molar-refractivity contribution is -0.384. The molecule has 1 aromatic carbocycles. The van der Waals surface area contributed by atoms with Crippen LogP contribution < -0.4 is 5.32 Å². The summed E-state index contributed by atoms with van der Waals surface area (Å²) in [6, 6.07) is 5.01. The highest BCUT2D eigenvalue weighted by atomic mass is 16.6. The molecule has 0 fully saturated rings. The second kappa shape index (κ2) is 7.95. The highest BCUT2D eigenvalue weighted by Crippen LogP contribution is 2.28. The monoisotopic (exact) mass is 296 g/mol. The summed E-state index contributed by atoms with van der Waals surface area (Å²) in [7, 11) is 1.67. The van der Waals surface area contributed by atoms with Gasteiger partial charge in [0, 0.05) is 31.9 Å². The molecule has 0 saturated carbocycles. The molecule has 0 unspecified atom stereocenters. The SMILES string of the molecule is CCNc1c(COCCC(C)(C)OC)cccc1[N+](=O)[O-]. The van der Waals surface area contributed by atoms with Crippen molar-refractivity contribution in [3.05, 3.63) is 33.9 Å². The average Bonchev–Trinajstić information content (AvgIpc) is 2.45. The van der Waals surface area contributed by atoms with Crippen LogP contribution in [0.2, 0.25) is 0 Å². The summed E-state index contributed by atoms with van der Waals surface area (Å²) >= 11 is 0. The van der Waals surface area contributed by atoms with Crippen LogP contribution in [0, 0.1) is 10.1 Å². The Morgan fingerprint density at radius 3 is 2.67 bits per heavy atom. The van der Waals surface area contributed by atoms with Gasteiger partial charge in [-0.3, -0.25) is 10.1 Å². The van der Waals surface area contributed by atoms with E-state index < -0.39 is 0 Å². The molecule has 1 rings (SSSR count). The van der Waals surface area contributed by atoms with Gasteiger partial charge in [0.2, 0.25) is 0 Å². The Morgan fingerprint density at radius 2 is 2.10 bits per heavy atom. The van der Waals surface area contributed by atoms with Crippen LogP contribution >= 0.6 is 0 Å². The van der Waals surface area contributed by atoms with Crippen LogP contribution in [-0.2, 0) is 16.1 Å². The zero-order valence-electron chi connectivity index (χ0n) is 13.1. The zero-order chi connectivity index (χ0) is 15.9. The molecular formula is C15H24N2O4. The molecule has 0 bridgehead atoms. The van der Waals surface area contributed by atoms with Crippen LogP contribution in [0.3, 0.4) is 0 Å². The minimum absolute atomic E-state index is 0.0789. The maximum Gasteiger partial charge on any atom is 0.292 e. The van der Waals surface area contributed by atoms with E-state index in [0.29, 0.717) is 25.4 Å². The number of ether oxygens (including phenoxy) is 2. The Kier molecular flexibility index (Phi) is 6.58. The maximum atomic E-state index is 11.1. The molecule has 0 aliphatic carbocycles. The maximum absolute atomic E-state index is 11.1. The van der Waals surface area contributed by atoms with Crippen LogP contribution in [0.25, 0.3) is 0 Å². The number of hydrogen-bond donors (Lipinski definition) is 1. The summed E-state index contributed by atoms with van der Waals surface area (Å²) in [5.74, 6) is 0.